The summed E-state index contributed by atoms with van der Waals surface area (Å²) in [6.45, 7) is 2.06. The van der Waals surface area contributed by atoms with Gasteiger partial charge in [0, 0.05) is 6.21 Å². The van der Waals surface area contributed by atoms with Gasteiger partial charge < -0.3 is 5.41 Å². The van der Waals surface area contributed by atoms with E-state index in [-0.39, 0.29) is 0 Å². The van der Waals surface area contributed by atoms with Crippen LogP contribution in [0.25, 0.3) is 6.08 Å². The fraction of sp³-hybridized carbons (Fsp3) is 0.100. The van der Waals surface area contributed by atoms with Crippen molar-refractivity contribution in [1.29, 1.82) is 5.41 Å². The van der Waals surface area contributed by atoms with Crippen LogP contribution in [-0.4, -0.2) is 6.21 Å². The van der Waals surface area contributed by atoms with Gasteiger partial charge >= 0.3 is 0 Å². The summed E-state index contributed by atoms with van der Waals surface area (Å²) in [4.78, 5) is 0. The lowest BCUT2D eigenvalue weighted by Gasteiger charge is -1.96. The lowest BCUT2D eigenvalue weighted by Crippen LogP contribution is -1.77. The molecule has 0 aliphatic heterocycles. The van der Waals surface area contributed by atoms with Crippen LogP contribution in [0.3, 0.4) is 0 Å². The summed E-state index contributed by atoms with van der Waals surface area (Å²) < 4.78 is 0. The highest BCUT2D eigenvalue weighted by Gasteiger charge is 1.88. The molecule has 1 heteroatoms. The van der Waals surface area contributed by atoms with Crippen LogP contribution in [-0.2, 0) is 0 Å². The molecule has 0 spiro atoms. The van der Waals surface area contributed by atoms with Gasteiger partial charge in [-0.3, -0.25) is 0 Å². The molecule has 0 fully saturated rings. The number of aryl methyl sites for hydroxylation is 1. The summed E-state index contributed by atoms with van der Waals surface area (Å²) in [5, 5.41) is 6.81. The van der Waals surface area contributed by atoms with E-state index >= 15 is 0 Å². The van der Waals surface area contributed by atoms with Gasteiger partial charge in [0.15, 0.2) is 0 Å². The van der Waals surface area contributed by atoms with Crippen molar-refractivity contribution >= 4 is 12.3 Å². The fourth-order valence-corrected chi connectivity index (χ4v) is 0.926. The summed E-state index contributed by atoms with van der Waals surface area (Å²) >= 11 is 0. The molecule has 11 heavy (non-hydrogen) atoms. The van der Waals surface area contributed by atoms with Gasteiger partial charge in [-0.2, -0.15) is 0 Å². The Balaban J connectivity index is 2.94. The van der Waals surface area contributed by atoms with Gasteiger partial charge in [0.2, 0.25) is 0 Å². The molecule has 0 aliphatic carbocycles. The molecule has 0 bridgehead atoms. The van der Waals surface area contributed by atoms with Gasteiger partial charge in [0.25, 0.3) is 0 Å². The smallest absolute Gasteiger partial charge is 0.0177 e. The SMILES string of the molecule is Cc1ccccc1/C=C/C=N. The van der Waals surface area contributed by atoms with Crippen molar-refractivity contribution in [3.8, 4) is 0 Å². The van der Waals surface area contributed by atoms with Crippen molar-refractivity contribution in [2.75, 3.05) is 0 Å². The number of hydrogen-bond acceptors (Lipinski definition) is 1. The lowest BCUT2D eigenvalue weighted by atomic mass is 10.1. The number of nitrogens with one attached hydrogen (secondary N) is 1. The fourth-order valence-electron chi connectivity index (χ4n) is 0.926. The average Bonchev–Trinajstić information content (AvgIpc) is 2.03. The van der Waals surface area contributed by atoms with Crippen molar-refractivity contribution in [1.82, 2.24) is 0 Å². The van der Waals surface area contributed by atoms with Crippen molar-refractivity contribution in [2.45, 2.75) is 6.92 Å². The third kappa shape index (κ3) is 2.04. The third-order valence-electron chi connectivity index (χ3n) is 1.56. The van der Waals surface area contributed by atoms with Crippen LogP contribution in [0, 0.1) is 12.3 Å². The Morgan fingerprint density at radius 2 is 2.00 bits per heavy atom. The molecule has 0 saturated carbocycles. The van der Waals surface area contributed by atoms with Gasteiger partial charge in [-0.15, -0.1) is 0 Å². The largest absolute Gasteiger partial charge is 0.309 e. The molecular formula is C10H11N. The molecule has 56 valence electrons. The standard InChI is InChI=1S/C10H11N/c1-9-5-2-3-6-10(9)7-4-8-11/h2-8,11H,1H3/b7-4+,11-8?. The predicted octanol–water partition coefficient (Wildman–Crippen LogP) is 2.66. The Morgan fingerprint density at radius 3 is 2.64 bits per heavy atom. The summed E-state index contributed by atoms with van der Waals surface area (Å²) in [6, 6.07) is 8.10. The maximum Gasteiger partial charge on any atom is 0.0177 e. The minimum atomic E-state index is 1.18. The maximum atomic E-state index is 6.81. The van der Waals surface area contributed by atoms with Crippen molar-refractivity contribution in [2.24, 2.45) is 0 Å². The highest BCUT2D eigenvalue weighted by Crippen LogP contribution is 2.07. The zero-order valence-electron chi connectivity index (χ0n) is 6.54. The first-order valence-corrected chi connectivity index (χ1v) is 3.57. The van der Waals surface area contributed by atoms with Crippen LogP contribution >= 0.6 is 0 Å². The van der Waals surface area contributed by atoms with Gasteiger partial charge in [-0.1, -0.05) is 30.3 Å². The third-order valence-corrected chi connectivity index (χ3v) is 1.56. The molecule has 0 aliphatic rings. The first kappa shape index (κ1) is 7.73. The summed E-state index contributed by atoms with van der Waals surface area (Å²) in [5.74, 6) is 0. The molecule has 1 rings (SSSR count). The van der Waals surface area contributed by atoms with E-state index in [9.17, 15) is 0 Å². The molecule has 0 heterocycles. The number of hydrogen-bond donors (Lipinski definition) is 1. The quantitative estimate of drug-likeness (QED) is 0.618. The topological polar surface area (TPSA) is 23.9 Å². The Labute approximate surface area is 66.9 Å². The van der Waals surface area contributed by atoms with E-state index in [1.54, 1.807) is 6.08 Å². The van der Waals surface area contributed by atoms with Gasteiger partial charge in [0.05, 0.1) is 0 Å². The summed E-state index contributed by atoms with van der Waals surface area (Å²) in [5.41, 5.74) is 2.42. The van der Waals surface area contributed by atoms with E-state index in [2.05, 4.69) is 13.0 Å². The molecule has 0 atom stereocenters. The van der Waals surface area contributed by atoms with E-state index in [0.29, 0.717) is 0 Å². The minimum Gasteiger partial charge on any atom is -0.309 e. The zero-order valence-corrected chi connectivity index (χ0v) is 6.54. The second-order valence-corrected chi connectivity index (χ2v) is 2.38. The molecule has 0 aromatic heterocycles. The molecule has 1 nitrogen and oxygen atoms in total. The van der Waals surface area contributed by atoms with Gasteiger partial charge in [-0.25, -0.2) is 0 Å². The van der Waals surface area contributed by atoms with E-state index in [1.807, 2.05) is 24.3 Å². The van der Waals surface area contributed by atoms with Crippen LogP contribution in [0.5, 0.6) is 0 Å². The molecule has 1 N–H and O–H groups in total. The van der Waals surface area contributed by atoms with Crippen LogP contribution in [0.4, 0.5) is 0 Å². The first-order valence-electron chi connectivity index (χ1n) is 3.57. The van der Waals surface area contributed by atoms with E-state index < -0.39 is 0 Å². The number of benzene rings is 1. The molecular weight excluding hydrogens is 134 g/mol. The average molecular weight is 145 g/mol. The van der Waals surface area contributed by atoms with Crippen molar-refractivity contribution in [3.63, 3.8) is 0 Å². The van der Waals surface area contributed by atoms with Crippen LogP contribution in [0.2, 0.25) is 0 Å². The van der Waals surface area contributed by atoms with Crippen molar-refractivity contribution < 1.29 is 0 Å². The maximum absolute atomic E-state index is 6.81. The molecule has 0 amide bonds. The minimum absolute atomic E-state index is 1.18. The van der Waals surface area contributed by atoms with Crippen molar-refractivity contribution in [3.05, 3.63) is 41.5 Å². The summed E-state index contributed by atoms with van der Waals surface area (Å²) in [7, 11) is 0. The highest BCUT2D eigenvalue weighted by molar-refractivity contribution is 5.76. The van der Waals surface area contributed by atoms with E-state index in [4.69, 9.17) is 5.41 Å². The highest BCUT2D eigenvalue weighted by atomic mass is 14.3. The number of allylic oxidation sites excluding steroid dienone is 1. The van der Waals surface area contributed by atoms with E-state index in [1.165, 1.54) is 17.3 Å². The number of rotatable bonds is 2. The van der Waals surface area contributed by atoms with Gasteiger partial charge in [0.1, 0.15) is 0 Å². The van der Waals surface area contributed by atoms with Gasteiger partial charge in [-0.05, 0) is 24.1 Å². The summed E-state index contributed by atoms with van der Waals surface area (Å²) in [6.07, 6.45) is 4.94. The normalized spacial score (nSPS) is 10.3. The van der Waals surface area contributed by atoms with Crippen LogP contribution in [0.1, 0.15) is 11.1 Å². The second kappa shape index (κ2) is 3.71. The monoisotopic (exact) mass is 145 g/mol. The second-order valence-electron chi connectivity index (χ2n) is 2.38. The Morgan fingerprint density at radius 1 is 1.27 bits per heavy atom. The Kier molecular flexibility index (Phi) is 2.61. The van der Waals surface area contributed by atoms with E-state index in [0.717, 1.165) is 0 Å². The first-order chi connectivity index (χ1) is 5.34. The molecule has 0 radical (unpaired) electrons. The molecule has 0 unspecified atom stereocenters. The predicted molar refractivity (Wildman–Crippen MR) is 49.0 cm³/mol. The molecule has 0 saturated heterocycles. The Bertz CT molecular complexity index is 274. The van der Waals surface area contributed by atoms with Crippen LogP contribution in [0.15, 0.2) is 30.3 Å². The van der Waals surface area contributed by atoms with Crippen LogP contribution < -0.4 is 0 Å². The molecule has 1 aromatic carbocycles. The Hall–Kier alpha value is -1.37. The molecule has 1 aromatic rings. The lowest BCUT2D eigenvalue weighted by molar-refractivity contribution is 1.44. The zero-order chi connectivity index (χ0) is 8.10.